The molecule has 2 aromatic carbocycles. The molecule has 164 valence electrons. The van der Waals surface area contributed by atoms with E-state index in [-0.39, 0.29) is 17.5 Å². The number of ketones is 1. The van der Waals surface area contributed by atoms with Crippen molar-refractivity contribution in [2.45, 2.75) is 43.7 Å². The lowest BCUT2D eigenvalue weighted by molar-refractivity contribution is -0.555. The zero-order chi connectivity index (χ0) is 23.0. The van der Waals surface area contributed by atoms with E-state index in [2.05, 4.69) is 0 Å². The Labute approximate surface area is 179 Å². The molecule has 0 aliphatic heterocycles. The van der Waals surface area contributed by atoms with Crippen LogP contribution in [0, 0.1) is 15.5 Å². The Morgan fingerprint density at radius 2 is 1.77 bits per heavy atom. The predicted octanol–water partition coefficient (Wildman–Crippen LogP) is 2.94. The molecule has 1 saturated carbocycles. The van der Waals surface area contributed by atoms with Crippen LogP contribution in [-0.2, 0) is 20.6 Å². The van der Waals surface area contributed by atoms with Crippen molar-refractivity contribution in [3.63, 3.8) is 0 Å². The highest BCUT2D eigenvalue weighted by Crippen LogP contribution is 2.64. The van der Waals surface area contributed by atoms with E-state index in [1.807, 2.05) is 0 Å². The number of carboxylic acid groups (broad SMARTS) is 1. The molecule has 2 N–H and O–H groups in total. The second kappa shape index (κ2) is 7.77. The van der Waals surface area contributed by atoms with Crippen molar-refractivity contribution in [1.29, 1.82) is 0 Å². The predicted molar refractivity (Wildman–Crippen MR) is 111 cm³/mol. The molecular weight excluding hydrogens is 402 g/mol. The van der Waals surface area contributed by atoms with E-state index in [4.69, 9.17) is 4.74 Å². The van der Waals surface area contributed by atoms with Crippen molar-refractivity contribution >= 4 is 11.8 Å². The number of carbonyl (C=O) groups is 2. The van der Waals surface area contributed by atoms with E-state index in [1.54, 1.807) is 43.3 Å². The van der Waals surface area contributed by atoms with Gasteiger partial charge in [-0.2, -0.15) is 0 Å². The first-order valence-electron chi connectivity index (χ1n) is 9.92. The Kier molecular flexibility index (Phi) is 5.62. The molecule has 0 bridgehead atoms. The van der Waals surface area contributed by atoms with Crippen molar-refractivity contribution < 1.29 is 29.5 Å². The number of aliphatic hydroxyl groups is 1. The van der Waals surface area contributed by atoms with Crippen molar-refractivity contribution in [3.8, 4) is 5.75 Å². The monoisotopic (exact) mass is 427 g/mol. The van der Waals surface area contributed by atoms with Crippen LogP contribution in [0.3, 0.4) is 0 Å². The van der Waals surface area contributed by atoms with E-state index < -0.39 is 45.6 Å². The van der Waals surface area contributed by atoms with Gasteiger partial charge in [-0.05, 0) is 36.6 Å². The summed E-state index contributed by atoms with van der Waals surface area (Å²) in [5.74, 6) is -1.88. The molecule has 4 atom stereocenters. The van der Waals surface area contributed by atoms with Gasteiger partial charge in [0.15, 0.2) is 5.60 Å². The van der Waals surface area contributed by atoms with Crippen LogP contribution >= 0.6 is 0 Å². The second-order valence-corrected chi connectivity index (χ2v) is 7.98. The number of nitro groups is 1. The van der Waals surface area contributed by atoms with E-state index in [0.29, 0.717) is 5.75 Å². The molecule has 3 rings (SSSR count). The topological polar surface area (TPSA) is 127 Å². The molecule has 0 amide bonds. The summed E-state index contributed by atoms with van der Waals surface area (Å²) in [5, 5.41) is 34.7. The van der Waals surface area contributed by atoms with Crippen molar-refractivity contribution in [3.05, 3.63) is 75.8 Å². The van der Waals surface area contributed by atoms with Crippen LogP contribution in [0.25, 0.3) is 0 Å². The number of rotatable bonds is 7. The van der Waals surface area contributed by atoms with E-state index in [9.17, 15) is 29.9 Å². The van der Waals surface area contributed by atoms with E-state index in [1.165, 1.54) is 25.3 Å². The van der Waals surface area contributed by atoms with Crippen LogP contribution in [0.2, 0.25) is 0 Å². The summed E-state index contributed by atoms with van der Waals surface area (Å²) in [6, 6.07) is 12.4. The molecule has 0 heterocycles. The lowest BCUT2D eigenvalue weighted by Gasteiger charge is -2.41. The maximum absolute atomic E-state index is 13.1. The smallest absolute Gasteiger partial charge is 0.318 e. The summed E-state index contributed by atoms with van der Waals surface area (Å²) < 4.78 is 5.26. The molecule has 1 aliphatic carbocycles. The fraction of sp³-hybridized carbons (Fsp3) is 0.391. The number of Topliss-reactive ketones (excluding diaryl/α,β-unsaturated/α-hetero) is 1. The van der Waals surface area contributed by atoms with Gasteiger partial charge in [-0.1, -0.05) is 49.4 Å². The van der Waals surface area contributed by atoms with Crippen LogP contribution in [-0.4, -0.2) is 40.0 Å². The Balaban J connectivity index is 2.49. The minimum Gasteiger partial charge on any atom is -0.497 e. The number of carboxylic acids is 1. The average Bonchev–Trinajstić information content (AvgIpc) is 3.02. The summed E-state index contributed by atoms with van der Waals surface area (Å²) in [7, 11) is 1.42. The van der Waals surface area contributed by atoms with Gasteiger partial charge in [0.05, 0.1) is 12.5 Å². The highest BCUT2D eigenvalue weighted by atomic mass is 16.6. The summed E-state index contributed by atoms with van der Waals surface area (Å²) in [5.41, 5.74) is -5.78. The quantitative estimate of drug-likeness (QED) is 0.395. The third-order valence-electron chi connectivity index (χ3n) is 6.81. The van der Waals surface area contributed by atoms with Gasteiger partial charge in [0.2, 0.25) is 0 Å². The van der Waals surface area contributed by atoms with Crippen molar-refractivity contribution in [2.24, 2.45) is 5.41 Å². The zero-order valence-electron chi connectivity index (χ0n) is 17.6. The molecule has 0 radical (unpaired) electrons. The van der Waals surface area contributed by atoms with Crippen LogP contribution < -0.4 is 4.74 Å². The molecule has 0 spiro atoms. The molecule has 0 unspecified atom stereocenters. The summed E-state index contributed by atoms with van der Waals surface area (Å²) in [6.45, 7) is 2.72. The normalized spacial score (nSPS) is 30.0. The molecule has 2 aromatic rings. The van der Waals surface area contributed by atoms with Crippen LogP contribution in [0.5, 0.6) is 5.75 Å². The second-order valence-electron chi connectivity index (χ2n) is 7.98. The largest absolute Gasteiger partial charge is 0.497 e. The molecule has 1 aliphatic rings. The van der Waals surface area contributed by atoms with Gasteiger partial charge in [-0.15, -0.1) is 0 Å². The third kappa shape index (κ3) is 2.93. The minimum absolute atomic E-state index is 0.0627. The maximum atomic E-state index is 13.1. The number of hydrogen-bond donors (Lipinski definition) is 2. The highest BCUT2D eigenvalue weighted by Gasteiger charge is 2.80. The summed E-state index contributed by atoms with van der Waals surface area (Å²) >= 11 is 0. The van der Waals surface area contributed by atoms with Crippen molar-refractivity contribution in [2.75, 3.05) is 7.11 Å². The van der Waals surface area contributed by atoms with Crippen molar-refractivity contribution in [1.82, 2.24) is 0 Å². The average molecular weight is 427 g/mol. The molecule has 8 nitrogen and oxygen atoms in total. The fourth-order valence-electron chi connectivity index (χ4n) is 5.50. The molecule has 31 heavy (non-hydrogen) atoms. The SMILES string of the molecule is CC[C@]1(c2cccc(OC)c2)[C@H]([N+](=O)[O-])[C@@](O)(c2ccccc2)C[C@@]1(C(C)=O)C(=O)O. The molecule has 8 heteroatoms. The number of ether oxygens (including phenoxy) is 1. The molecule has 0 saturated heterocycles. The van der Waals surface area contributed by atoms with Gasteiger partial charge < -0.3 is 14.9 Å². The number of aliphatic carboxylic acids is 1. The van der Waals surface area contributed by atoms with Gasteiger partial charge >= 0.3 is 5.97 Å². The lowest BCUT2D eigenvalue weighted by Crippen LogP contribution is -2.58. The van der Waals surface area contributed by atoms with Crippen LogP contribution in [0.15, 0.2) is 54.6 Å². The van der Waals surface area contributed by atoms with Gasteiger partial charge in [0.1, 0.15) is 16.9 Å². The van der Waals surface area contributed by atoms with Crippen LogP contribution in [0.1, 0.15) is 37.8 Å². The number of nitrogens with zero attached hydrogens (tertiary/aromatic N) is 1. The van der Waals surface area contributed by atoms with Crippen LogP contribution in [0.4, 0.5) is 0 Å². The Morgan fingerprint density at radius 3 is 2.26 bits per heavy atom. The first-order valence-corrected chi connectivity index (χ1v) is 9.92. The molecular formula is C23H25NO7. The van der Waals surface area contributed by atoms with Gasteiger partial charge in [-0.3, -0.25) is 19.7 Å². The van der Waals surface area contributed by atoms with Gasteiger partial charge in [0.25, 0.3) is 6.04 Å². The van der Waals surface area contributed by atoms with Gasteiger partial charge in [0, 0.05) is 11.3 Å². The third-order valence-corrected chi connectivity index (χ3v) is 6.81. The number of carbonyl (C=O) groups excluding carboxylic acids is 1. The summed E-state index contributed by atoms with van der Waals surface area (Å²) in [6.07, 6.45) is -0.682. The first kappa shape index (κ1) is 22.4. The number of methoxy groups -OCH3 is 1. The highest BCUT2D eigenvalue weighted by molar-refractivity contribution is 6.05. The minimum atomic E-state index is -2.23. The van der Waals surface area contributed by atoms with Gasteiger partial charge in [-0.25, -0.2) is 0 Å². The maximum Gasteiger partial charge on any atom is 0.318 e. The Bertz CT molecular complexity index is 1010. The Hall–Kier alpha value is -3.26. The lowest BCUT2D eigenvalue weighted by atomic mass is 9.57. The Morgan fingerprint density at radius 1 is 1.16 bits per heavy atom. The summed E-state index contributed by atoms with van der Waals surface area (Å²) in [4.78, 5) is 37.7. The number of benzene rings is 2. The van der Waals surface area contributed by atoms with E-state index in [0.717, 1.165) is 6.92 Å². The number of hydrogen-bond acceptors (Lipinski definition) is 6. The van der Waals surface area contributed by atoms with E-state index >= 15 is 0 Å². The first-order chi connectivity index (χ1) is 14.6. The fourth-order valence-corrected chi connectivity index (χ4v) is 5.50. The molecule has 0 aromatic heterocycles. The zero-order valence-corrected chi connectivity index (χ0v) is 17.6. The molecule has 1 fully saturated rings. The standard InChI is InChI=1S/C23H25NO7/c1-4-21(17-11-8-12-18(13-17)31-3)19(24(29)30)23(28,16-9-6-5-7-10-16)14-22(21,15(2)25)20(26)27/h5-13,19,28H,4,14H2,1-3H3,(H,26,27)/t19-,21-,22+,23-/m0/s1.